The molecule has 2 heterocycles. The van der Waals surface area contributed by atoms with E-state index in [9.17, 15) is 0 Å². The molecule has 1 atom stereocenters. The van der Waals surface area contributed by atoms with Gasteiger partial charge in [-0.1, -0.05) is 17.7 Å². The SMILES string of the molecule is NCC(c1cccs1)N1CCN(c2ccc(Cl)cc2)CC1. The fraction of sp³-hybridized carbons (Fsp3) is 0.375. The van der Waals surface area contributed by atoms with Gasteiger partial charge in [-0.2, -0.15) is 0 Å². The molecule has 0 amide bonds. The molecule has 1 aromatic heterocycles. The van der Waals surface area contributed by atoms with Crippen LogP contribution in [0.25, 0.3) is 0 Å². The number of hydrogen-bond acceptors (Lipinski definition) is 4. The summed E-state index contributed by atoms with van der Waals surface area (Å²) in [6, 6.07) is 12.8. The van der Waals surface area contributed by atoms with Crippen LogP contribution in [0.3, 0.4) is 0 Å². The minimum absolute atomic E-state index is 0.359. The van der Waals surface area contributed by atoms with Crippen molar-refractivity contribution in [2.45, 2.75) is 6.04 Å². The molecular weight excluding hydrogens is 302 g/mol. The lowest BCUT2D eigenvalue weighted by molar-refractivity contribution is 0.193. The Bertz CT molecular complexity index is 547. The zero-order chi connectivity index (χ0) is 14.7. The number of halogens is 1. The average Bonchev–Trinajstić information content (AvgIpc) is 3.04. The van der Waals surface area contributed by atoms with E-state index in [-0.39, 0.29) is 0 Å². The minimum Gasteiger partial charge on any atom is -0.369 e. The predicted octanol–water partition coefficient (Wildman–Crippen LogP) is 3.22. The third-order valence-corrected chi connectivity index (χ3v) is 5.27. The molecule has 0 spiro atoms. The topological polar surface area (TPSA) is 32.5 Å². The van der Waals surface area contributed by atoms with Crippen LogP contribution < -0.4 is 10.6 Å². The molecule has 1 unspecified atom stereocenters. The van der Waals surface area contributed by atoms with E-state index in [2.05, 4.69) is 39.4 Å². The summed E-state index contributed by atoms with van der Waals surface area (Å²) in [5.74, 6) is 0. The maximum absolute atomic E-state index is 5.99. The van der Waals surface area contributed by atoms with Gasteiger partial charge in [0.25, 0.3) is 0 Å². The highest BCUT2D eigenvalue weighted by molar-refractivity contribution is 7.10. The Hall–Kier alpha value is -1.07. The van der Waals surface area contributed by atoms with Crippen molar-refractivity contribution in [2.75, 3.05) is 37.6 Å². The zero-order valence-electron chi connectivity index (χ0n) is 11.9. The van der Waals surface area contributed by atoms with Crippen LogP contribution in [-0.2, 0) is 0 Å². The number of nitrogens with two attached hydrogens (primary N) is 1. The molecule has 3 rings (SSSR count). The second kappa shape index (κ2) is 6.79. The number of thiophene rings is 1. The third kappa shape index (κ3) is 3.40. The van der Waals surface area contributed by atoms with E-state index in [4.69, 9.17) is 17.3 Å². The van der Waals surface area contributed by atoms with E-state index in [1.165, 1.54) is 10.6 Å². The average molecular weight is 322 g/mol. The smallest absolute Gasteiger partial charge is 0.0565 e. The monoisotopic (exact) mass is 321 g/mol. The molecular formula is C16H20ClN3S. The molecule has 3 nitrogen and oxygen atoms in total. The van der Waals surface area contributed by atoms with Gasteiger partial charge >= 0.3 is 0 Å². The second-order valence-electron chi connectivity index (χ2n) is 5.27. The molecule has 2 aromatic rings. The number of benzene rings is 1. The first kappa shape index (κ1) is 14.9. The zero-order valence-corrected chi connectivity index (χ0v) is 13.5. The van der Waals surface area contributed by atoms with Crippen molar-refractivity contribution in [3.63, 3.8) is 0 Å². The van der Waals surface area contributed by atoms with Crippen LogP contribution in [0, 0.1) is 0 Å². The second-order valence-corrected chi connectivity index (χ2v) is 6.68. The fourth-order valence-corrected chi connectivity index (χ4v) is 3.87. The summed E-state index contributed by atoms with van der Waals surface area (Å²) < 4.78 is 0. The molecule has 21 heavy (non-hydrogen) atoms. The van der Waals surface area contributed by atoms with Crippen molar-refractivity contribution >= 4 is 28.6 Å². The molecule has 1 aromatic carbocycles. The van der Waals surface area contributed by atoms with Crippen LogP contribution in [0.2, 0.25) is 5.02 Å². The predicted molar refractivity (Wildman–Crippen MR) is 91.4 cm³/mol. The normalized spacial score (nSPS) is 17.9. The van der Waals surface area contributed by atoms with Gasteiger partial charge < -0.3 is 10.6 Å². The van der Waals surface area contributed by atoms with Crippen molar-refractivity contribution in [3.8, 4) is 0 Å². The lowest BCUT2D eigenvalue weighted by Crippen LogP contribution is -2.49. The molecule has 1 fully saturated rings. The lowest BCUT2D eigenvalue weighted by atomic mass is 10.1. The van der Waals surface area contributed by atoms with Crippen molar-refractivity contribution in [2.24, 2.45) is 5.73 Å². The highest BCUT2D eigenvalue weighted by atomic mass is 35.5. The molecule has 1 aliphatic heterocycles. The van der Waals surface area contributed by atoms with E-state index in [1.54, 1.807) is 11.3 Å². The number of piperazine rings is 1. The number of rotatable bonds is 4. The van der Waals surface area contributed by atoms with Gasteiger partial charge in [0, 0.05) is 48.3 Å². The van der Waals surface area contributed by atoms with Gasteiger partial charge in [-0.05, 0) is 35.7 Å². The van der Waals surface area contributed by atoms with E-state index < -0.39 is 0 Å². The Morgan fingerprint density at radius 1 is 1.10 bits per heavy atom. The highest BCUT2D eigenvalue weighted by Crippen LogP contribution is 2.26. The molecule has 2 N–H and O–H groups in total. The van der Waals surface area contributed by atoms with Gasteiger partial charge in [0.1, 0.15) is 0 Å². The van der Waals surface area contributed by atoms with Crippen molar-refractivity contribution in [1.82, 2.24) is 4.90 Å². The molecule has 0 radical (unpaired) electrons. The van der Waals surface area contributed by atoms with Gasteiger partial charge in [-0.3, -0.25) is 4.90 Å². The first-order chi connectivity index (χ1) is 10.3. The summed E-state index contributed by atoms with van der Waals surface area (Å²) >= 11 is 7.75. The van der Waals surface area contributed by atoms with E-state index >= 15 is 0 Å². The van der Waals surface area contributed by atoms with Gasteiger partial charge in [0.2, 0.25) is 0 Å². The van der Waals surface area contributed by atoms with Crippen LogP contribution in [-0.4, -0.2) is 37.6 Å². The largest absolute Gasteiger partial charge is 0.369 e. The molecule has 0 bridgehead atoms. The number of anilines is 1. The quantitative estimate of drug-likeness (QED) is 0.938. The van der Waals surface area contributed by atoms with Crippen LogP contribution in [0.15, 0.2) is 41.8 Å². The summed E-state index contributed by atoms with van der Waals surface area (Å²) in [5.41, 5.74) is 7.24. The van der Waals surface area contributed by atoms with E-state index in [0.29, 0.717) is 12.6 Å². The summed E-state index contributed by atoms with van der Waals surface area (Å²) in [7, 11) is 0. The Kier molecular flexibility index (Phi) is 4.80. The molecule has 112 valence electrons. The first-order valence-electron chi connectivity index (χ1n) is 7.26. The van der Waals surface area contributed by atoms with Crippen LogP contribution in [0.5, 0.6) is 0 Å². The van der Waals surface area contributed by atoms with Gasteiger partial charge in [-0.25, -0.2) is 0 Å². The van der Waals surface area contributed by atoms with Gasteiger partial charge in [-0.15, -0.1) is 11.3 Å². The van der Waals surface area contributed by atoms with Crippen molar-refractivity contribution < 1.29 is 0 Å². The third-order valence-electron chi connectivity index (χ3n) is 4.04. The summed E-state index contributed by atoms with van der Waals surface area (Å²) in [4.78, 5) is 6.28. The molecule has 1 saturated heterocycles. The van der Waals surface area contributed by atoms with Crippen molar-refractivity contribution in [3.05, 3.63) is 51.7 Å². The van der Waals surface area contributed by atoms with E-state index in [1.807, 2.05) is 12.1 Å². The standard InChI is InChI=1S/C16H20ClN3S/c17-13-3-5-14(6-4-13)19-7-9-20(10-8-19)15(12-18)16-2-1-11-21-16/h1-6,11,15H,7-10,12,18H2. The Morgan fingerprint density at radius 3 is 2.38 bits per heavy atom. The molecule has 0 aliphatic carbocycles. The Labute approximate surface area is 134 Å². The number of nitrogens with zero attached hydrogens (tertiary/aromatic N) is 2. The van der Waals surface area contributed by atoms with Gasteiger partial charge in [0.05, 0.1) is 6.04 Å². The van der Waals surface area contributed by atoms with Gasteiger partial charge in [0.15, 0.2) is 0 Å². The first-order valence-corrected chi connectivity index (χ1v) is 8.52. The Morgan fingerprint density at radius 2 is 1.81 bits per heavy atom. The molecule has 1 aliphatic rings. The van der Waals surface area contributed by atoms with E-state index in [0.717, 1.165) is 31.2 Å². The maximum atomic E-state index is 5.99. The summed E-state index contributed by atoms with van der Waals surface area (Å²) in [6.45, 7) is 4.83. The maximum Gasteiger partial charge on any atom is 0.0565 e. The fourth-order valence-electron chi connectivity index (χ4n) is 2.87. The summed E-state index contributed by atoms with van der Waals surface area (Å²) in [5, 5.41) is 2.92. The minimum atomic E-state index is 0.359. The van der Waals surface area contributed by atoms with Crippen LogP contribution >= 0.6 is 22.9 Å². The van der Waals surface area contributed by atoms with Crippen molar-refractivity contribution in [1.29, 1.82) is 0 Å². The van der Waals surface area contributed by atoms with Crippen LogP contribution in [0.1, 0.15) is 10.9 Å². The Balaban J connectivity index is 1.63. The van der Waals surface area contributed by atoms with Crippen LogP contribution in [0.4, 0.5) is 5.69 Å². The molecule has 5 heteroatoms. The number of hydrogen-bond donors (Lipinski definition) is 1. The lowest BCUT2D eigenvalue weighted by Gasteiger charge is -2.39. The highest BCUT2D eigenvalue weighted by Gasteiger charge is 2.24. The summed E-state index contributed by atoms with van der Waals surface area (Å²) in [6.07, 6.45) is 0. The molecule has 0 saturated carbocycles.